The monoisotopic (exact) mass is 533 g/mol. The van der Waals surface area contributed by atoms with Crippen LogP contribution < -0.4 is 10.6 Å². The summed E-state index contributed by atoms with van der Waals surface area (Å²) < 4.78 is 59.6. The van der Waals surface area contributed by atoms with E-state index in [1.165, 1.54) is 12.1 Å². The molecule has 3 atom stereocenters. The third-order valence-electron chi connectivity index (χ3n) is 5.59. The molecule has 0 heterocycles. The Labute approximate surface area is 215 Å². The molecule has 3 aromatic rings. The minimum atomic E-state index is -4.56. The first kappa shape index (κ1) is 28.6. The molecule has 0 saturated carbocycles. The van der Waals surface area contributed by atoms with Gasteiger partial charge < -0.3 is 14.9 Å². The number of aryl methyl sites for hydroxylation is 1. The van der Waals surface area contributed by atoms with Crippen molar-refractivity contribution in [3.8, 4) is 0 Å². The highest BCUT2D eigenvalue weighted by molar-refractivity contribution is 7.67. The third kappa shape index (κ3) is 7.78. The van der Waals surface area contributed by atoms with Crippen LogP contribution in [0.2, 0.25) is 0 Å². The van der Waals surface area contributed by atoms with Gasteiger partial charge in [0, 0.05) is 10.8 Å². The standard InChI is InChI=1S/C28H31F3NO4P/c1-27(2,3)32-25(33)24(19-14-20-10-6-4-7-11-20)36-37(35,23-12-8-5-9-13-23)26(34)21-15-17-22(18-16-21)28(29,30)31/h4-13,15-18,24,26,34H,14,19H2,1-3H3,(H,32,33). The summed E-state index contributed by atoms with van der Waals surface area (Å²) in [7, 11) is -4.22. The molecule has 0 spiro atoms. The topological polar surface area (TPSA) is 75.6 Å². The maximum absolute atomic E-state index is 14.4. The summed E-state index contributed by atoms with van der Waals surface area (Å²) in [6.45, 7) is 5.40. The molecule has 9 heteroatoms. The van der Waals surface area contributed by atoms with Crippen molar-refractivity contribution >= 4 is 18.6 Å². The van der Waals surface area contributed by atoms with Crippen LogP contribution in [0.3, 0.4) is 0 Å². The minimum Gasteiger partial charge on any atom is -0.378 e. The Kier molecular flexibility index (Phi) is 9.00. The zero-order chi connectivity index (χ0) is 27.3. The van der Waals surface area contributed by atoms with Gasteiger partial charge in [-0.15, -0.1) is 0 Å². The van der Waals surface area contributed by atoms with Gasteiger partial charge in [0.15, 0.2) is 5.85 Å². The molecule has 3 aromatic carbocycles. The SMILES string of the molecule is CC(C)(C)NC(=O)C(CCc1ccccc1)OP(=O)(c1ccccc1)C(O)c1ccc(C(F)(F)F)cc1. The Morgan fingerprint density at radius 2 is 1.46 bits per heavy atom. The van der Waals surface area contributed by atoms with Gasteiger partial charge >= 0.3 is 6.18 Å². The highest BCUT2D eigenvalue weighted by Gasteiger charge is 2.41. The molecular weight excluding hydrogens is 502 g/mol. The molecule has 0 fully saturated rings. The average molecular weight is 534 g/mol. The number of amides is 1. The number of nitrogens with one attached hydrogen (secondary N) is 1. The van der Waals surface area contributed by atoms with E-state index in [9.17, 15) is 27.6 Å². The molecule has 3 unspecified atom stereocenters. The van der Waals surface area contributed by atoms with Crippen LogP contribution in [0, 0.1) is 0 Å². The van der Waals surface area contributed by atoms with Crippen LogP contribution in [0.4, 0.5) is 13.2 Å². The number of carbonyl (C=O) groups excluding carboxylic acids is 1. The van der Waals surface area contributed by atoms with Crippen molar-refractivity contribution in [1.82, 2.24) is 5.32 Å². The van der Waals surface area contributed by atoms with Gasteiger partial charge in [-0.2, -0.15) is 13.2 Å². The number of rotatable bonds is 9. The molecule has 0 radical (unpaired) electrons. The first-order chi connectivity index (χ1) is 17.3. The number of hydrogen-bond donors (Lipinski definition) is 2. The van der Waals surface area contributed by atoms with Crippen LogP contribution in [0.5, 0.6) is 0 Å². The van der Waals surface area contributed by atoms with Crippen LogP contribution in [0.25, 0.3) is 0 Å². The van der Waals surface area contributed by atoms with Crippen molar-refractivity contribution < 1.29 is 32.2 Å². The molecule has 0 aliphatic rings. The van der Waals surface area contributed by atoms with Gasteiger partial charge in [-0.25, -0.2) is 0 Å². The highest BCUT2D eigenvalue weighted by Crippen LogP contribution is 2.59. The lowest BCUT2D eigenvalue weighted by Crippen LogP contribution is -2.47. The molecule has 0 aliphatic heterocycles. The molecule has 5 nitrogen and oxygen atoms in total. The van der Waals surface area contributed by atoms with E-state index in [-0.39, 0.29) is 17.3 Å². The lowest BCUT2D eigenvalue weighted by atomic mass is 10.0. The summed E-state index contributed by atoms with van der Waals surface area (Å²) in [4.78, 5) is 13.2. The summed E-state index contributed by atoms with van der Waals surface area (Å²) in [6, 6.07) is 21.1. The van der Waals surface area contributed by atoms with Gasteiger partial charge in [0.2, 0.25) is 5.91 Å². The number of aliphatic hydroxyl groups excluding tert-OH is 1. The van der Waals surface area contributed by atoms with Crippen LogP contribution in [0.15, 0.2) is 84.9 Å². The van der Waals surface area contributed by atoms with E-state index in [1.54, 1.807) is 39.0 Å². The third-order valence-corrected chi connectivity index (χ3v) is 8.11. The van der Waals surface area contributed by atoms with Gasteiger partial charge in [0.25, 0.3) is 7.37 Å². The summed E-state index contributed by atoms with van der Waals surface area (Å²) in [6.07, 6.45) is -5.15. The summed E-state index contributed by atoms with van der Waals surface area (Å²) in [5, 5.41) is 14.2. The molecule has 0 saturated heterocycles. The zero-order valence-electron chi connectivity index (χ0n) is 20.9. The van der Waals surface area contributed by atoms with Crippen LogP contribution in [-0.4, -0.2) is 22.7 Å². The molecule has 3 rings (SSSR count). The Morgan fingerprint density at radius 3 is 1.97 bits per heavy atom. The van der Waals surface area contributed by atoms with Gasteiger partial charge in [-0.1, -0.05) is 60.7 Å². The van der Waals surface area contributed by atoms with Crippen LogP contribution in [0.1, 0.15) is 49.7 Å². The maximum atomic E-state index is 14.4. The van der Waals surface area contributed by atoms with E-state index in [0.29, 0.717) is 6.42 Å². The van der Waals surface area contributed by atoms with E-state index in [0.717, 1.165) is 29.8 Å². The van der Waals surface area contributed by atoms with Crippen molar-refractivity contribution in [2.45, 2.75) is 57.3 Å². The molecule has 0 aliphatic carbocycles. The highest BCUT2D eigenvalue weighted by atomic mass is 31.2. The lowest BCUT2D eigenvalue weighted by Gasteiger charge is -2.30. The molecule has 198 valence electrons. The summed E-state index contributed by atoms with van der Waals surface area (Å²) in [5.74, 6) is -2.29. The van der Waals surface area contributed by atoms with Crippen molar-refractivity contribution in [2.75, 3.05) is 0 Å². The van der Waals surface area contributed by atoms with E-state index in [1.807, 2.05) is 30.3 Å². The maximum Gasteiger partial charge on any atom is 0.416 e. The van der Waals surface area contributed by atoms with E-state index in [4.69, 9.17) is 4.52 Å². The van der Waals surface area contributed by atoms with Crippen LogP contribution in [-0.2, 0) is 26.5 Å². The number of benzene rings is 3. The Hall–Kier alpha value is -2.93. The summed E-state index contributed by atoms with van der Waals surface area (Å²) in [5.41, 5.74) is -0.575. The Morgan fingerprint density at radius 1 is 0.919 bits per heavy atom. The molecular formula is C28H31F3NO4P. The number of hydrogen-bond acceptors (Lipinski definition) is 4. The molecule has 37 heavy (non-hydrogen) atoms. The molecule has 0 aromatic heterocycles. The number of halogens is 3. The van der Waals surface area contributed by atoms with Gasteiger partial charge in [0.1, 0.15) is 6.10 Å². The van der Waals surface area contributed by atoms with Crippen molar-refractivity contribution in [3.63, 3.8) is 0 Å². The molecule has 2 N–H and O–H groups in total. The van der Waals surface area contributed by atoms with Gasteiger partial charge in [-0.3, -0.25) is 9.36 Å². The van der Waals surface area contributed by atoms with Gasteiger partial charge in [-0.05, 0) is 69.0 Å². The Balaban J connectivity index is 1.99. The second-order valence-corrected chi connectivity index (χ2v) is 12.2. The van der Waals surface area contributed by atoms with Crippen molar-refractivity contribution in [3.05, 3.63) is 102 Å². The predicted octanol–water partition coefficient (Wildman–Crippen LogP) is 6.23. The Bertz CT molecular complexity index is 1210. The van der Waals surface area contributed by atoms with Crippen molar-refractivity contribution in [1.29, 1.82) is 0 Å². The van der Waals surface area contributed by atoms with E-state index >= 15 is 0 Å². The first-order valence-electron chi connectivity index (χ1n) is 11.8. The predicted molar refractivity (Wildman–Crippen MR) is 138 cm³/mol. The lowest BCUT2D eigenvalue weighted by molar-refractivity contribution is -0.137. The smallest absolute Gasteiger partial charge is 0.378 e. The number of carbonyl (C=O) groups is 1. The normalized spacial score (nSPS) is 15.4. The average Bonchev–Trinajstić information content (AvgIpc) is 2.85. The number of aliphatic hydroxyl groups is 1. The van der Waals surface area contributed by atoms with E-state index < -0.39 is 42.5 Å². The van der Waals surface area contributed by atoms with Gasteiger partial charge in [0.05, 0.1) is 5.56 Å². The minimum absolute atomic E-state index is 0.0155. The second-order valence-electron chi connectivity index (χ2n) is 9.78. The van der Waals surface area contributed by atoms with Crippen LogP contribution >= 0.6 is 7.37 Å². The fourth-order valence-corrected chi connectivity index (χ4v) is 6.00. The fraction of sp³-hybridized carbons (Fsp3) is 0.321. The first-order valence-corrected chi connectivity index (χ1v) is 13.5. The van der Waals surface area contributed by atoms with Crippen molar-refractivity contribution in [2.24, 2.45) is 0 Å². The fourth-order valence-electron chi connectivity index (χ4n) is 3.75. The molecule has 1 amide bonds. The quantitative estimate of drug-likeness (QED) is 0.320. The van der Waals surface area contributed by atoms with E-state index in [2.05, 4.69) is 5.32 Å². The number of alkyl halides is 3. The second kappa shape index (κ2) is 11.6. The largest absolute Gasteiger partial charge is 0.416 e. The molecule has 0 bridgehead atoms. The zero-order valence-corrected chi connectivity index (χ0v) is 21.8. The summed E-state index contributed by atoms with van der Waals surface area (Å²) >= 11 is 0.